The molecular weight excluding hydrogens is 465 g/mol. The highest BCUT2D eigenvalue weighted by Gasteiger charge is 2.33. The van der Waals surface area contributed by atoms with E-state index in [1.54, 1.807) is 12.1 Å². The Morgan fingerprint density at radius 1 is 1.00 bits per heavy atom. The topological polar surface area (TPSA) is 47.4 Å². The lowest BCUT2D eigenvalue weighted by molar-refractivity contribution is -0.128. The molecule has 37 heavy (non-hydrogen) atoms. The van der Waals surface area contributed by atoms with Gasteiger partial charge in [0, 0.05) is 32.0 Å². The molecule has 0 bridgehead atoms. The van der Waals surface area contributed by atoms with Crippen molar-refractivity contribution in [1.29, 1.82) is 0 Å². The molecular formula is C31H34FN3O2. The molecule has 6 heteroatoms. The molecule has 1 fully saturated rings. The normalized spacial score (nSPS) is 15.7. The molecule has 1 aliphatic rings. The number of carbonyl (C=O) groups is 1. The zero-order valence-electron chi connectivity index (χ0n) is 21.6. The van der Waals surface area contributed by atoms with Gasteiger partial charge in [0.2, 0.25) is 5.91 Å². The van der Waals surface area contributed by atoms with Crippen molar-refractivity contribution in [3.05, 3.63) is 95.6 Å². The van der Waals surface area contributed by atoms with E-state index in [-0.39, 0.29) is 17.6 Å². The van der Waals surface area contributed by atoms with Gasteiger partial charge in [-0.25, -0.2) is 9.37 Å². The number of aryl methyl sites for hydroxylation is 1. The maximum Gasteiger partial charge on any atom is 0.223 e. The van der Waals surface area contributed by atoms with Crippen LogP contribution in [0.25, 0.3) is 11.0 Å². The molecule has 2 heterocycles. The molecule has 0 radical (unpaired) electrons. The number of para-hydroxylation sites is 2. The summed E-state index contributed by atoms with van der Waals surface area (Å²) in [5.41, 5.74) is 4.31. The third kappa shape index (κ3) is 5.85. The van der Waals surface area contributed by atoms with Crippen molar-refractivity contribution in [1.82, 2.24) is 14.5 Å². The first kappa shape index (κ1) is 25.0. The van der Waals surface area contributed by atoms with Crippen LogP contribution in [0.5, 0.6) is 5.75 Å². The number of fused-ring (bicyclic) bond motifs is 1. The van der Waals surface area contributed by atoms with Crippen LogP contribution in [0.4, 0.5) is 4.39 Å². The van der Waals surface area contributed by atoms with Crippen LogP contribution in [0.2, 0.25) is 0 Å². The van der Waals surface area contributed by atoms with Crippen molar-refractivity contribution in [2.24, 2.45) is 0 Å². The largest absolute Gasteiger partial charge is 0.494 e. The molecule has 1 amide bonds. The van der Waals surface area contributed by atoms with Crippen molar-refractivity contribution in [3.63, 3.8) is 0 Å². The number of aromatic nitrogens is 2. The first-order valence-corrected chi connectivity index (χ1v) is 13.2. The average Bonchev–Trinajstić information content (AvgIpc) is 3.45. The van der Waals surface area contributed by atoms with Gasteiger partial charge in [-0.3, -0.25) is 4.79 Å². The summed E-state index contributed by atoms with van der Waals surface area (Å²) in [7, 11) is 0. The molecule has 4 aromatic rings. The van der Waals surface area contributed by atoms with Crippen molar-refractivity contribution < 1.29 is 13.9 Å². The summed E-state index contributed by atoms with van der Waals surface area (Å²) in [6.07, 6.45) is 2.33. The minimum Gasteiger partial charge on any atom is -0.494 e. The Morgan fingerprint density at radius 2 is 1.76 bits per heavy atom. The van der Waals surface area contributed by atoms with E-state index in [9.17, 15) is 9.18 Å². The molecule has 0 N–H and O–H groups in total. The lowest BCUT2D eigenvalue weighted by Gasteiger charge is -2.17. The predicted octanol–water partition coefficient (Wildman–Crippen LogP) is 6.67. The molecule has 0 aliphatic carbocycles. The average molecular weight is 500 g/mol. The molecule has 5 rings (SSSR count). The Bertz CT molecular complexity index is 1350. The number of carbonyl (C=O) groups excluding carboxylic acids is 1. The standard InChI is InChI=1S/C31H34FN3O2/c1-22(2)24-11-15-27(16-12-24)37-18-6-5-17-35-29-8-4-3-7-28(29)33-31(35)25-19-30(36)34(21-25)20-23-9-13-26(32)14-10-23/h3-4,7-16,22,25H,5-6,17-21H2,1-2H3. The van der Waals surface area contributed by atoms with Gasteiger partial charge >= 0.3 is 0 Å². The molecule has 3 aromatic carbocycles. The van der Waals surface area contributed by atoms with Crippen LogP contribution >= 0.6 is 0 Å². The van der Waals surface area contributed by atoms with Crippen LogP contribution in [0.1, 0.15) is 61.9 Å². The Hall–Kier alpha value is -3.67. The molecule has 1 saturated heterocycles. The molecule has 1 unspecified atom stereocenters. The number of hydrogen-bond acceptors (Lipinski definition) is 3. The summed E-state index contributed by atoms with van der Waals surface area (Å²) in [5.74, 6) is 2.28. The third-order valence-corrected chi connectivity index (χ3v) is 7.14. The van der Waals surface area contributed by atoms with Gasteiger partial charge in [0.05, 0.1) is 17.6 Å². The van der Waals surface area contributed by atoms with Crippen molar-refractivity contribution in [2.75, 3.05) is 13.2 Å². The smallest absolute Gasteiger partial charge is 0.223 e. The molecule has 0 spiro atoms. The van der Waals surface area contributed by atoms with Crippen molar-refractivity contribution in [3.8, 4) is 5.75 Å². The monoisotopic (exact) mass is 499 g/mol. The number of amides is 1. The molecule has 5 nitrogen and oxygen atoms in total. The lowest BCUT2D eigenvalue weighted by Crippen LogP contribution is -2.24. The summed E-state index contributed by atoms with van der Waals surface area (Å²) in [5, 5.41) is 0. The fourth-order valence-corrected chi connectivity index (χ4v) is 5.06. The van der Waals surface area contributed by atoms with Gasteiger partial charge in [-0.05, 0) is 66.3 Å². The second-order valence-corrected chi connectivity index (χ2v) is 10.2. The highest BCUT2D eigenvalue weighted by Crippen LogP contribution is 2.31. The highest BCUT2D eigenvalue weighted by atomic mass is 19.1. The number of imidazole rings is 1. The van der Waals surface area contributed by atoms with Gasteiger partial charge in [0.25, 0.3) is 0 Å². The second kappa shape index (κ2) is 11.2. The number of nitrogens with zero attached hydrogens (tertiary/aromatic N) is 3. The van der Waals surface area contributed by atoms with Gasteiger partial charge < -0.3 is 14.2 Å². The Kier molecular flexibility index (Phi) is 7.54. The van der Waals surface area contributed by atoms with E-state index < -0.39 is 0 Å². The quantitative estimate of drug-likeness (QED) is 0.229. The minimum absolute atomic E-state index is 0.0380. The van der Waals surface area contributed by atoms with Crippen LogP contribution < -0.4 is 4.74 Å². The Morgan fingerprint density at radius 3 is 2.51 bits per heavy atom. The summed E-state index contributed by atoms with van der Waals surface area (Å²) in [6, 6.07) is 22.9. The molecule has 1 aliphatic heterocycles. The van der Waals surface area contributed by atoms with Gasteiger partial charge in [0.15, 0.2) is 0 Å². The van der Waals surface area contributed by atoms with Gasteiger partial charge in [-0.1, -0.05) is 50.2 Å². The van der Waals surface area contributed by atoms with E-state index >= 15 is 0 Å². The van der Waals surface area contributed by atoms with Crippen molar-refractivity contribution in [2.45, 2.75) is 58.0 Å². The summed E-state index contributed by atoms with van der Waals surface area (Å²) in [6.45, 7) is 6.98. The number of likely N-dealkylation sites (tertiary alicyclic amines) is 1. The minimum atomic E-state index is -0.266. The van der Waals surface area contributed by atoms with Crippen LogP contribution in [-0.4, -0.2) is 33.5 Å². The van der Waals surface area contributed by atoms with Crippen LogP contribution in [0.3, 0.4) is 0 Å². The number of unbranched alkanes of at least 4 members (excludes halogenated alkanes) is 1. The number of rotatable bonds is 10. The molecule has 192 valence electrons. The summed E-state index contributed by atoms with van der Waals surface area (Å²) < 4.78 is 21.5. The SMILES string of the molecule is CC(C)c1ccc(OCCCCn2c(C3CC(=O)N(Cc4ccc(F)cc4)C3)nc3ccccc32)cc1. The highest BCUT2D eigenvalue weighted by molar-refractivity contribution is 5.81. The Balaban J connectivity index is 1.22. The van der Waals surface area contributed by atoms with Crippen LogP contribution in [0.15, 0.2) is 72.8 Å². The van der Waals surface area contributed by atoms with Gasteiger partial charge in [-0.2, -0.15) is 0 Å². The fourth-order valence-electron chi connectivity index (χ4n) is 5.06. The zero-order valence-corrected chi connectivity index (χ0v) is 21.6. The zero-order chi connectivity index (χ0) is 25.8. The van der Waals surface area contributed by atoms with E-state index in [0.717, 1.165) is 47.6 Å². The Labute approximate surface area is 217 Å². The first-order valence-electron chi connectivity index (χ1n) is 13.2. The first-order chi connectivity index (χ1) is 18.0. The van der Waals surface area contributed by atoms with E-state index in [1.165, 1.54) is 17.7 Å². The van der Waals surface area contributed by atoms with E-state index in [1.807, 2.05) is 35.2 Å². The molecule has 1 atom stereocenters. The lowest BCUT2D eigenvalue weighted by atomic mass is 10.0. The van der Waals surface area contributed by atoms with E-state index in [4.69, 9.17) is 9.72 Å². The van der Waals surface area contributed by atoms with Gasteiger partial charge in [0.1, 0.15) is 17.4 Å². The van der Waals surface area contributed by atoms with E-state index in [2.05, 4.69) is 36.6 Å². The summed E-state index contributed by atoms with van der Waals surface area (Å²) >= 11 is 0. The van der Waals surface area contributed by atoms with Crippen LogP contribution in [0, 0.1) is 5.82 Å². The van der Waals surface area contributed by atoms with Gasteiger partial charge in [-0.15, -0.1) is 0 Å². The number of halogens is 1. The molecule has 0 saturated carbocycles. The number of ether oxygens (including phenoxy) is 1. The van der Waals surface area contributed by atoms with E-state index in [0.29, 0.717) is 32.0 Å². The summed E-state index contributed by atoms with van der Waals surface area (Å²) in [4.78, 5) is 19.7. The predicted molar refractivity (Wildman–Crippen MR) is 144 cm³/mol. The molecule has 1 aromatic heterocycles. The second-order valence-electron chi connectivity index (χ2n) is 10.2. The fraction of sp³-hybridized carbons (Fsp3) is 0.355. The number of hydrogen-bond donors (Lipinski definition) is 0. The maximum absolute atomic E-state index is 13.3. The maximum atomic E-state index is 13.3. The van der Waals surface area contributed by atoms with Crippen molar-refractivity contribution >= 4 is 16.9 Å². The number of benzene rings is 3. The third-order valence-electron chi connectivity index (χ3n) is 7.14. The van der Waals surface area contributed by atoms with Crippen LogP contribution in [-0.2, 0) is 17.9 Å².